The van der Waals surface area contributed by atoms with Crippen molar-refractivity contribution < 1.29 is 19.1 Å². The number of nitriles is 1. The lowest BCUT2D eigenvalue weighted by Crippen LogP contribution is -2.50. The molecule has 0 aromatic heterocycles. The number of hydrogen-bond donors (Lipinski definition) is 0. The number of nitrogens with zero attached hydrogens (tertiary/aromatic N) is 3. The first-order valence-corrected chi connectivity index (χ1v) is 11.0. The maximum Gasteiger partial charge on any atom is 0.254 e. The van der Waals surface area contributed by atoms with Crippen molar-refractivity contribution in [1.82, 2.24) is 9.80 Å². The number of piperazine rings is 1. The Bertz CT molecular complexity index is 1230. The van der Waals surface area contributed by atoms with Crippen LogP contribution in [0, 0.1) is 11.3 Å². The molecule has 1 aliphatic rings. The molecule has 1 heterocycles. The number of carbonyl (C=O) groups is 2. The van der Waals surface area contributed by atoms with Gasteiger partial charge in [0.05, 0.1) is 25.9 Å². The Labute approximate surface area is 198 Å². The van der Waals surface area contributed by atoms with Crippen molar-refractivity contribution in [2.45, 2.75) is 0 Å². The molecule has 0 spiro atoms. The van der Waals surface area contributed by atoms with Gasteiger partial charge in [0, 0.05) is 48.9 Å². The molecule has 0 radical (unpaired) electrons. The number of amides is 2. The molecule has 0 atom stereocenters. The van der Waals surface area contributed by atoms with Crippen LogP contribution in [0.3, 0.4) is 0 Å². The van der Waals surface area contributed by atoms with Gasteiger partial charge in [0.15, 0.2) is 0 Å². The minimum absolute atomic E-state index is 0.113. The molecule has 1 fully saturated rings. The Morgan fingerprint density at radius 2 is 1.29 bits per heavy atom. The molecule has 0 unspecified atom stereocenters. The van der Waals surface area contributed by atoms with E-state index in [4.69, 9.17) is 9.47 Å². The molecule has 172 valence electrons. The third-order valence-corrected chi connectivity index (χ3v) is 5.95. The third kappa shape index (κ3) is 4.57. The van der Waals surface area contributed by atoms with Crippen LogP contribution in [0.5, 0.6) is 11.5 Å². The number of benzene rings is 3. The molecule has 1 saturated heterocycles. The Balaban J connectivity index is 1.50. The van der Waals surface area contributed by atoms with Crippen molar-refractivity contribution in [3.8, 4) is 28.7 Å². The van der Waals surface area contributed by atoms with E-state index in [1.807, 2.05) is 30.3 Å². The van der Waals surface area contributed by atoms with Crippen molar-refractivity contribution in [3.05, 3.63) is 83.4 Å². The SMILES string of the molecule is COc1cc(OC)cc(C(=O)N2CCN(C(=O)c3ccccc3-c3ccccc3C#N)CC2)c1. The second-order valence-corrected chi connectivity index (χ2v) is 7.89. The first kappa shape index (κ1) is 22.9. The fraction of sp³-hybridized carbons (Fsp3) is 0.222. The van der Waals surface area contributed by atoms with Gasteiger partial charge in [-0.2, -0.15) is 5.26 Å². The summed E-state index contributed by atoms with van der Waals surface area (Å²) in [5.74, 6) is 0.850. The average Bonchev–Trinajstić information content (AvgIpc) is 2.91. The lowest BCUT2D eigenvalue weighted by atomic mass is 9.95. The van der Waals surface area contributed by atoms with E-state index >= 15 is 0 Å². The lowest BCUT2D eigenvalue weighted by molar-refractivity contribution is 0.0535. The quantitative estimate of drug-likeness (QED) is 0.584. The highest BCUT2D eigenvalue weighted by Crippen LogP contribution is 2.28. The van der Waals surface area contributed by atoms with Crippen molar-refractivity contribution >= 4 is 11.8 Å². The van der Waals surface area contributed by atoms with E-state index in [1.165, 1.54) is 0 Å². The van der Waals surface area contributed by atoms with Crippen LogP contribution < -0.4 is 9.47 Å². The van der Waals surface area contributed by atoms with Gasteiger partial charge < -0.3 is 19.3 Å². The number of rotatable bonds is 5. The van der Waals surface area contributed by atoms with Crippen LogP contribution in [0.4, 0.5) is 0 Å². The molecule has 7 nitrogen and oxygen atoms in total. The van der Waals surface area contributed by atoms with Crippen LogP contribution in [0.1, 0.15) is 26.3 Å². The van der Waals surface area contributed by atoms with Crippen LogP contribution >= 0.6 is 0 Å². The number of methoxy groups -OCH3 is 2. The van der Waals surface area contributed by atoms with Crippen molar-refractivity contribution in [1.29, 1.82) is 5.26 Å². The molecule has 0 aliphatic carbocycles. The monoisotopic (exact) mass is 455 g/mol. The predicted octanol–water partition coefficient (Wildman–Crippen LogP) is 3.84. The molecule has 34 heavy (non-hydrogen) atoms. The largest absolute Gasteiger partial charge is 0.497 e. The lowest BCUT2D eigenvalue weighted by Gasteiger charge is -2.35. The van der Waals surface area contributed by atoms with E-state index < -0.39 is 0 Å². The molecule has 0 saturated carbocycles. The van der Waals surface area contributed by atoms with Crippen LogP contribution in [-0.2, 0) is 0 Å². The van der Waals surface area contributed by atoms with E-state index in [-0.39, 0.29) is 11.8 Å². The van der Waals surface area contributed by atoms with Gasteiger partial charge in [-0.3, -0.25) is 9.59 Å². The van der Waals surface area contributed by atoms with E-state index in [1.54, 1.807) is 60.4 Å². The maximum atomic E-state index is 13.4. The highest BCUT2D eigenvalue weighted by atomic mass is 16.5. The molecular weight excluding hydrogens is 430 g/mol. The van der Waals surface area contributed by atoms with Gasteiger partial charge in [-0.25, -0.2) is 0 Å². The fourth-order valence-corrected chi connectivity index (χ4v) is 4.12. The van der Waals surface area contributed by atoms with Crippen LogP contribution in [-0.4, -0.2) is 62.0 Å². The minimum Gasteiger partial charge on any atom is -0.497 e. The summed E-state index contributed by atoms with van der Waals surface area (Å²) in [5.41, 5.74) is 3.00. The Hall–Kier alpha value is -4.31. The summed E-state index contributed by atoms with van der Waals surface area (Å²) >= 11 is 0. The molecule has 1 aliphatic heterocycles. The molecule has 0 N–H and O–H groups in total. The van der Waals surface area contributed by atoms with Crippen molar-refractivity contribution in [2.24, 2.45) is 0 Å². The van der Waals surface area contributed by atoms with Gasteiger partial charge >= 0.3 is 0 Å². The zero-order valence-corrected chi connectivity index (χ0v) is 19.2. The summed E-state index contributed by atoms with van der Waals surface area (Å²) in [7, 11) is 3.08. The number of carbonyl (C=O) groups excluding carboxylic acids is 2. The van der Waals surface area contributed by atoms with Gasteiger partial charge in [-0.1, -0.05) is 36.4 Å². The second-order valence-electron chi connectivity index (χ2n) is 7.89. The van der Waals surface area contributed by atoms with Gasteiger partial charge in [0.25, 0.3) is 11.8 Å². The summed E-state index contributed by atoms with van der Waals surface area (Å²) in [6, 6.07) is 21.9. The molecule has 2 amide bonds. The van der Waals surface area contributed by atoms with E-state index in [2.05, 4.69) is 6.07 Å². The maximum absolute atomic E-state index is 13.4. The first-order chi connectivity index (χ1) is 16.5. The predicted molar refractivity (Wildman–Crippen MR) is 128 cm³/mol. The standard InChI is InChI=1S/C27H25N3O4/c1-33-21-15-20(16-22(17-21)34-2)26(31)29-11-13-30(14-12-29)27(32)25-10-6-5-9-24(25)23-8-4-3-7-19(23)18-28/h3-10,15-17H,11-14H2,1-2H3. The fourth-order valence-electron chi connectivity index (χ4n) is 4.12. The second kappa shape index (κ2) is 10.1. The van der Waals surface area contributed by atoms with Crippen molar-refractivity contribution in [3.63, 3.8) is 0 Å². The number of ether oxygens (including phenoxy) is 2. The summed E-state index contributed by atoms with van der Waals surface area (Å²) < 4.78 is 10.5. The normalized spacial score (nSPS) is 13.2. The zero-order valence-electron chi connectivity index (χ0n) is 19.2. The highest BCUT2D eigenvalue weighted by Gasteiger charge is 2.27. The number of hydrogen-bond acceptors (Lipinski definition) is 5. The van der Waals surface area contributed by atoms with Crippen LogP contribution in [0.25, 0.3) is 11.1 Å². The highest BCUT2D eigenvalue weighted by molar-refractivity contribution is 6.02. The van der Waals surface area contributed by atoms with Crippen LogP contribution in [0.2, 0.25) is 0 Å². The summed E-state index contributed by atoms with van der Waals surface area (Å²) in [6.07, 6.45) is 0. The smallest absolute Gasteiger partial charge is 0.254 e. The van der Waals surface area contributed by atoms with Gasteiger partial charge in [-0.05, 0) is 29.8 Å². The summed E-state index contributed by atoms with van der Waals surface area (Å²) in [4.78, 5) is 30.0. The average molecular weight is 456 g/mol. The summed E-state index contributed by atoms with van der Waals surface area (Å²) in [5, 5.41) is 9.50. The molecule has 7 heteroatoms. The van der Waals surface area contributed by atoms with Crippen molar-refractivity contribution in [2.75, 3.05) is 40.4 Å². The molecule has 4 rings (SSSR count). The molecule has 3 aromatic carbocycles. The van der Waals surface area contributed by atoms with E-state index in [0.29, 0.717) is 54.4 Å². The van der Waals surface area contributed by atoms with E-state index in [9.17, 15) is 14.9 Å². The first-order valence-electron chi connectivity index (χ1n) is 11.0. The van der Waals surface area contributed by atoms with Gasteiger partial charge in [0.2, 0.25) is 0 Å². The Kier molecular flexibility index (Phi) is 6.79. The van der Waals surface area contributed by atoms with Gasteiger partial charge in [0.1, 0.15) is 11.5 Å². The summed E-state index contributed by atoms with van der Waals surface area (Å²) in [6.45, 7) is 1.67. The Morgan fingerprint density at radius 1 is 0.765 bits per heavy atom. The third-order valence-electron chi connectivity index (χ3n) is 5.95. The molecule has 3 aromatic rings. The van der Waals surface area contributed by atoms with E-state index in [0.717, 1.165) is 11.1 Å². The zero-order chi connectivity index (χ0) is 24.1. The molecular formula is C27H25N3O4. The molecule has 0 bridgehead atoms. The van der Waals surface area contributed by atoms with Crippen LogP contribution in [0.15, 0.2) is 66.7 Å². The van der Waals surface area contributed by atoms with Gasteiger partial charge in [-0.15, -0.1) is 0 Å². The topological polar surface area (TPSA) is 82.9 Å². The Morgan fingerprint density at radius 3 is 1.88 bits per heavy atom. The minimum atomic E-state index is -0.132.